The van der Waals surface area contributed by atoms with Gasteiger partial charge in [-0.1, -0.05) is 24.3 Å². The number of rotatable bonds is 5. The molecule has 2 nitrogen and oxygen atoms in total. The fourth-order valence-electron chi connectivity index (χ4n) is 1.84. The summed E-state index contributed by atoms with van der Waals surface area (Å²) in [5.41, 5.74) is 3.75. The number of aryl methyl sites for hydroxylation is 1. The molecule has 2 aromatic carbocycles. The molecular formula is C16H19NO. The standard InChI is InChI=1S/C16H19NO/c1-3-18-16-10-8-15(9-11-16)17-12-14-7-5-4-6-13(14)2/h4-11,17H,3,12H2,1-2H3. The summed E-state index contributed by atoms with van der Waals surface area (Å²) < 4.78 is 5.41. The van der Waals surface area contributed by atoms with Crippen molar-refractivity contribution >= 4 is 5.69 Å². The summed E-state index contributed by atoms with van der Waals surface area (Å²) in [5.74, 6) is 0.916. The Labute approximate surface area is 109 Å². The first kappa shape index (κ1) is 12.5. The summed E-state index contributed by atoms with van der Waals surface area (Å²) >= 11 is 0. The SMILES string of the molecule is CCOc1ccc(NCc2ccccc2C)cc1. The van der Waals surface area contributed by atoms with Gasteiger partial charge >= 0.3 is 0 Å². The summed E-state index contributed by atoms with van der Waals surface area (Å²) in [5, 5.41) is 3.42. The predicted octanol–water partition coefficient (Wildman–Crippen LogP) is 4.01. The molecule has 94 valence electrons. The zero-order chi connectivity index (χ0) is 12.8. The van der Waals surface area contributed by atoms with Crippen molar-refractivity contribution in [3.8, 4) is 5.75 Å². The highest BCUT2D eigenvalue weighted by atomic mass is 16.5. The van der Waals surface area contributed by atoms with E-state index in [4.69, 9.17) is 4.74 Å². The van der Waals surface area contributed by atoms with E-state index in [1.54, 1.807) is 0 Å². The van der Waals surface area contributed by atoms with Gasteiger partial charge in [-0.3, -0.25) is 0 Å². The van der Waals surface area contributed by atoms with Crippen LogP contribution in [0.2, 0.25) is 0 Å². The van der Waals surface area contributed by atoms with Gasteiger partial charge in [0, 0.05) is 12.2 Å². The molecule has 2 rings (SSSR count). The average molecular weight is 241 g/mol. The first-order valence-corrected chi connectivity index (χ1v) is 6.31. The maximum atomic E-state index is 5.41. The van der Waals surface area contributed by atoms with Gasteiger partial charge in [-0.05, 0) is 49.2 Å². The number of anilines is 1. The van der Waals surface area contributed by atoms with E-state index in [1.807, 2.05) is 31.2 Å². The van der Waals surface area contributed by atoms with Gasteiger partial charge in [0.15, 0.2) is 0 Å². The van der Waals surface area contributed by atoms with E-state index in [2.05, 4.69) is 36.5 Å². The van der Waals surface area contributed by atoms with Crippen LogP contribution >= 0.6 is 0 Å². The lowest BCUT2D eigenvalue weighted by Crippen LogP contribution is -2.01. The topological polar surface area (TPSA) is 21.3 Å². The van der Waals surface area contributed by atoms with Crippen molar-refractivity contribution in [3.05, 3.63) is 59.7 Å². The van der Waals surface area contributed by atoms with Crippen LogP contribution in [0, 0.1) is 6.92 Å². The Morgan fingerprint density at radius 1 is 1.00 bits per heavy atom. The monoisotopic (exact) mass is 241 g/mol. The van der Waals surface area contributed by atoms with Crippen LogP contribution < -0.4 is 10.1 Å². The van der Waals surface area contributed by atoms with Crippen molar-refractivity contribution < 1.29 is 4.74 Å². The van der Waals surface area contributed by atoms with Crippen LogP contribution in [0.1, 0.15) is 18.1 Å². The summed E-state index contributed by atoms with van der Waals surface area (Å²) in [4.78, 5) is 0. The second-order valence-electron chi connectivity index (χ2n) is 4.24. The van der Waals surface area contributed by atoms with Crippen molar-refractivity contribution in [2.24, 2.45) is 0 Å². The molecule has 0 aliphatic heterocycles. The quantitative estimate of drug-likeness (QED) is 0.854. The number of benzene rings is 2. The van der Waals surface area contributed by atoms with Crippen molar-refractivity contribution in [3.63, 3.8) is 0 Å². The predicted molar refractivity (Wildman–Crippen MR) is 76.1 cm³/mol. The maximum absolute atomic E-state index is 5.41. The second-order valence-corrected chi connectivity index (χ2v) is 4.24. The van der Waals surface area contributed by atoms with Crippen LogP contribution in [-0.4, -0.2) is 6.61 Å². The third-order valence-corrected chi connectivity index (χ3v) is 2.91. The van der Waals surface area contributed by atoms with Crippen LogP contribution in [0.15, 0.2) is 48.5 Å². The fourth-order valence-corrected chi connectivity index (χ4v) is 1.84. The van der Waals surface area contributed by atoms with Crippen LogP contribution in [-0.2, 0) is 6.54 Å². The van der Waals surface area contributed by atoms with Gasteiger partial charge in [0.05, 0.1) is 6.61 Å². The number of nitrogens with one attached hydrogen (secondary N) is 1. The zero-order valence-corrected chi connectivity index (χ0v) is 10.9. The van der Waals surface area contributed by atoms with Crippen molar-refractivity contribution in [2.75, 3.05) is 11.9 Å². The average Bonchev–Trinajstić information content (AvgIpc) is 2.40. The molecule has 0 amide bonds. The Morgan fingerprint density at radius 3 is 2.39 bits per heavy atom. The smallest absolute Gasteiger partial charge is 0.119 e. The number of hydrogen-bond donors (Lipinski definition) is 1. The Balaban J connectivity index is 1.96. The molecule has 0 radical (unpaired) electrons. The molecule has 0 saturated carbocycles. The molecule has 0 unspecified atom stereocenters. The van der Waals surface area contributed by atoms with Crippen LogP contribution in [0.3, 0.4) is 0 Å². The normalized spacial score (nSPS) is 10.1. The molecular weight excluding hydrogens is 222 g/mol. The minimum absolute atomic E-state index is 0.704. The van der Waals surface area contributed by atoms with Gasteiger partial charge < -0.3 is 10.1 Å². The minimum Gasteiger partial charge on any atom is -0.494 e. The Bertz CT molecular complexity index is 491. The highest BCUT2D eigenvalue weighted by molar-refractivity contribution is 5.47. The van der Waals surface area contributed by atoms with Crippen molar-refractivity contribution in [1.29, 1.82) is 0 Å². The van der Waals surface area contributed by atoms with Gasteiger partial charge in [-0.15, -0.1) is 0 Å². The Kier molecular flexibility index (Phi) is 4.24. The van der Waals surface area contributed by atoms with Gasteiger partial charge in [0.25, 0.3) is 0 Å². The summed E-state index contributed by atoms with van der Waals surface area (Å²) in [6.45, 7) is 5.68. The highest BCUT2D eigenvalue weighted by Crippen LogP contribution is 2.17. The number of hydrogen-bond acceptors (Lipinski definition) is 2. The first-order valence-electron chi connectivity index (χ1n) is 6.31. The van der Waals surface area contributed by atoms with E-state index in [0.717, 1.165) is 18.0 Å². The van der Waals surface area contributed by atoms with E-state index < -0.39 is 0 Å². The molecule has 0 heterocycles. The third-order valence-electron chi connectivity index (χ3n) is 2.91. The summed E-state index contributed by atoms with van der Waals surface area (Å²) in [7, 11) is 0. The first-order chi connectivity index (χ1) is 8.79. The molecule has 18 heavy (non-hydrogen) atoms. The second kappa shape index (κ2) is 6.10. The lowest BCUT2D eigenvalue weighted by Gasteiger charge is -2.09. The van der Waals surface area contributed by atoms with E-state index in [1.165, 1.54) is 11.1 Å². The Hall–Kier alpha value is -1.96. The molecule has 0 saturated heterocycles. The van der Waals surface area contributed by atoms with Gasteiger partial charge in [0.1, 0.15) is 5.75 Å². The van der Waals surface area contributed by atoms with Gasteiger partial charge in [0.2, 0.25) is 0 Å². The largest absolute Gasteiger partial charge is 0.494 e. The van der Waals surface area contributed by atoms with E-state index in [-0.39, 0.29) is 0 Å². The van der Waals surface area contributed by atoms with Gasteiger partial charge in [-0.2, -0.15) is 0 Å². The molecule has 0 spiro atoms. The number of ether oxygens (including phenoxy) is 1. The fraction of sp³-hybridized carbons (Fsp3) is 0.250. The molecule has 1 N–H and O–H groups in total. The van der Waals surface area contributed by atoms with Gasteiger partial charge in [-0.25, -0.2) is 0 Å². The third kappa shape index (κ3) is 3.27. The lowest BCUT2D eigenvalue weighted by molar-refractivity contribution is 0.340. The molecule has 0 aromatic heterocycles. The molecule has 0 atom stereocenters. The maximum Gasteiger partial charge on any atom is 0.119 e. The molecule has 2 heteroatoms. The van der Waals surface area contributed by atoms with E-state index >= 15 is 0 Å². The minimum atomic E-state index is 0.704. The van der Waals surface area contributed by atoms with Crippen LogP contribution in [0.25, 0.3) is 0 Å². The lowest BCUT2D eigenvalue weighted by atomic mass is 10.1. The molecule has 0 aliphatic rings. The summed E-state index contributed by atoms with van der Waals surface area (Å²) in [6, 6.07) is 16.5. The highest BCUT2D eigenvalue weighted by Gasteiger charge is 1.98. The summed E-state index contributed by atoms with van der Waals surface area (Å²) in [6.07, 6.45) is 0. The molecule has 0 bridgehead atoms. The van der Waals surface area contributed by atoms with Crippen LogP contribution in [0.5, 0.6) is 5.75 Å². The van der Waals surface area contributed by atoms with Crippen molar-refractivity contribution in [2.45, 2.75) is 20.4 Å². The zero-order valence-electron chi connectivity index (χ0n) is 10.9. The van der Waals surface area contributed by atoms with E-state index in [0.29, 0.717) is 6.61 Å². The Morgan fingerprint density at radius 2 is 1.72 bits per heavy atom. The molecule has 0 fully saturated rings. The van der Waals surface area contributed by atoms with Crippen molar-refractivity contribution in [1.82, 2.24) is 0 Å². The molecule has 2 aromatic rings. The van der Waals surface area contributed by atoms with Crippen LogP contribution in [0.4, 0.5) is 5.69 Å². The van der Waals surface area contributed by atoms with E-state index in [9.17, 15) is 0 Å². The molecule has 0 aliphatic carbocycles.